The Morgan fingerprint density at radius 2 is 1.70 bits per heavy atom. The fourth-order valence-corrected chi connectivity index (χ4v) is 3.42. The molecule has 1 fully saturated rings. The van der Waals surface area contributed by atoms with Crippen molar-refractivity contribution in [2.75, 3.05) is 19.6 Å². The molecule has 0 aromatic heterocycles. The van der Waals surface area contributed by atoms with Crippen LogP contribution in [0.25, 0.3) is 0 Å². The molecule has 2 aromatic rings. The molecule has 1 heterocycles. The molecule has 0 saturated carbocycles. The van der Waals surface area contributed by atoms with Gasteiger partial charge in [-0.25, -0.2) is 0 Å². The number of hydrogen-bond donors (Lipinski definition) is 1. The van der Waals surface area contributed by atoms with Crippen LogP contribution in [-0.4, -0.2) is 29.6 Å². The Bertz CT molecular complexity index is 579. The number of piperidine rings is 1. The van der Waals surface area contributed by atoms with E-state index in [1.54, 1.807) is 6.07 Å². The predicted octanol–water partition coefficient (Wildman–Crippen LogP) is 4.63. The molecule has 2 aromatic carbocycles. The number of benzene rings is 2. The average Bonchev–Trinajstić information content (AvgIpc) is 2.56. The van der Waals surface area contributed by atoms with Crippen LogP contribution in [0, 0.1) is 0 Å². The minimum Gasteiger partial charge on any atom is -0.508 e. The number of aryl methyl sites for hydroxylation is 1. The monoisotopic (exact) mass is 331 g/mol. The van der Waals surface area contributed by atoms with Crippen LogP contribution in [0.4, 0.5) is 0 Å². The lowest BCUT2D eigenvalue weighted by Crippen LogP contribution is -2.33. The summed E-state index contributed by atoms with van der Waals surface area (Å²) in [5, 5.41) is 9.61. The Kier molecular flexibility index (Phi) is 6.94. The lowest BCUT2D eigenvalue weighted by Gasteiger charge is -2.32. The summed E-state index contributed by atoms with van der Waals surface area (Å²) in [6.45, 7) is 3.55. The molecule has 1 aliphatic rings. The molecular weight excluding hydrogens is 306 g/mol. The Balaban J connectivity index is 0.00000192. The molecule has 0 unspecified atom stereocenters. The van der Waals surface area contributed by atoms with Crippen molar-refractivity contribution in [2.45, 2.75) is 31.6 Å². The molecule has 1 N–H and O–H groups in total. The highest BCUT2D eigenvalue weighted by Gasteiger charge is 2.20. The van der Waals surface area contributed by atoms with Crippen molar-refractivity contribution in [3.8, 4) is 5.75 Å². The van der Waals surface area contributed by atoms with Crippen LogP contribution in [0.15, 0.2) is 54.6 Å². The second-order valence-electron chi connectivity index (χ2n) is 6.30. The Morgan fingerprint density at radius 1 is 0.957 bits per heavy atom. The van der Waals surface area contributed by atoms with Crippen LogP contribution in [0.2, 0.25) is 0 Å². The molecule has 3 heteroatoms. The van der Waals surface area contributed by atoms with E-state index < -0.39 is 0 Å². The second-order valence-corrected chi connectivity index (χ2v) is 6.30. The third kappa shape index (κ3) is 5.26. The van der Waals surface area contributed by atoms with Gasteiger partial charge in [0.15, 0.2) is 0 Å². The molecule has 0 amide bonds. The molecule has 2 nitrogen and oxygen atoms in total. The number of rotatable bonds is 5. The standard InChI is InChI=1S/C20H25NO.ClH/c22-20-10-4-9-19(16-20)18-11-14-21(15-12-18)13-5-8-17-6-2-1-3-7-17;/h1-4,6-7,9-10,16,18,22H,5,8,11-15H2;1H. The van der Waals surface area contributed by atoms with E-state index in [1.165, 1.54) is 56.4 Å². The SMILES string of the molecule is Cl.Oc1cccc(C2CCN(CCCc3ccccc3)CC2)c1. The lowest BCUT2D eigenvalue weighted by atomic mass is 9.89. The van der Waals surface area contributed by atoms with E-state index in [2.05, 4.69) is 41.3 Å². The Hall–Kier alpha value is -1.51. The average molecular weight is 332 g/mol. The third-order valence-corrected chi connectivity index (χ3v) is 4.71. The van der Waals surface area contributed by atoms with Crippen LogP contribution in [0.3, 0.4) is 0 Å². The van der Waals surface area contributed by atoms with Gasteiger partial charge in [-0.1, -0.05) is 42.5 Å². The van der Waals surface area contributed by atoms with E-state index in [4.69, 9.17) is 0 Å². The molecule has 0 radical (unpaired) electrons. The summed E-state index contributed by atoms with van der Waals surface area (Å²) in [6, 6.07) is 18.5. The van der Waals surface area contributed by atoms with Gasteiger partial charge in [-0.15, -0.1) is 12.4 Å². The maximum absolute atomic E-state index is 9.61. The molecule has 1 aliphatic heterocycles. The highest BCUT2D eigenvalue weighted by molar-refractivity contribution is 5.85. The molecule has 1 saturated heterocycles. The zero-order valence-corrected chi connectivity index (χ0v) is 14.3. The van der Waals surface area contributed by atoms with Crippen LogP contribution >= 0.6 is 12.4 Å². The highest BCUT2D eigenvalue weighted by atomic mass is 35.5. The van der Waals surface area contributed by atoms with Gasteiger partial charge in [-0.05, 0) is 74.5 Å². The van der Waals surface area contributed by atoms with Crippen molar-refractivity contribution in [1.29, 1.82) is 0 Å². The van der Waals surface area contributed by atoms with Gasteiger partial charge in [0.1, 0.15) is 5.75 Å². The number of halogens is 1. The largest absolute Gasteiger partial charge is 0.508 e. The van der Waals surface area contributed by atoms with Gasteiger partial charge >= 0.3 is 0 Å². The summed E-state index contributed by atoms with van der Waals surface area (Å²) in [5.74, 6) is 1.00. The Labute approximate surface area is 145 Å². The van der Waals surface area contributed by atoms with E-state index >= 15 is 0 Å². The van der Waals surface area contributed by atoms with Gasteiger partial charge < -0.3 is 10.0 Å². The first-order chi connectivity index (χ1) is 10.8. The van der Waals surface area contributed by atoms with Crippen molar-refractivity contribution in [1.82, 2.24) is 4.90 Å². The fraction of sp³-hybridized carbons (Fsp3) is 0.400. The summed E-state index contributed by atoms with van der Waals surface area (Å²) >= 11 is 0. The van der Waals surface area contributed by atoms with Gasteiger partial charge in [0.25, 0.3) is 0 Å². The first kappa shape index (κ1) is 17.8. The number of likely N-dealkylation sites (tertiary alicyclic amines) is 1. The minimum absolute atomic E-state index is 0. The van der Waals surface area contributed by atoms with Gasteiger partial charge in [0.2, 0.25) is 0 Å². The van der Waals surface area contributed by atoms with E-state index in [0.29, 0.717) is 11.7 Å². The molecule has 23 heavy (non-hydrogen) atoms. The summed E-state index contributed by atoms with van der Waals surface area (Å²) in [5.41, 5.74) is 2.74. The topological polar surface area (TPSA) is 23.5 Å². The van der Waals surface area contributed by atoms with Crippen molar-refractivity contribution >= 4 is 12.4 Å². The summed E-state index contributed by atoms with van der Waals surface area (Å²) in [6.07, 6.45) is 4.82. The number of hydrogen-bond acceptors (Lipinski definition) is 2. The summed E-state index contributed by atoms with van der Waals surface area (Å²) in [4.78, 5) is 2.59. The van der Waals surface area contributed by atoms with Crippen LogP contribution in [-0.2, 0) is 6.42 Å². The first-order valence-electron chi connectivity index (χ1n) is 8.36. The summed E-state index contributed by atoms with van der Waals surface area (Å²) in [7, 11) is 0. The van der Waals surface area contributed by atoms with Crippen LogP contribution in [0.1, 0.15) is 36.3 Å². The van der Waals surface area contributed by atoms with Crippen LogP contribution < -0.4 is 0 Å². The minimum atomic E-state index is 0. The lowest BCUT2D eigenvalue weighted by molar-refractivity contribution is 0.210. The number of aromatic hydroxyl groups is 1. The van der Waals surface area contributed by atoms with Crippen molar-refractivity contribution in [3.05, 3.63) is 65.7 Å². The van der Waals surface area contributed by atoms with Crippen molar-refractivity contribution in [3.63, 3.8) is 0 Å². The van der Waals surface area contributed by atoms with E-state index in [1.807, 2.05) is 12.1 Å². The van der Waals surface area contributed by atoms with Crippen molar-refractivity contribution in [2.24, 2.45) is 0 Å². The first-order valence-corrected chi connectivity index (χ1v) is 8.36. The molecular formula is C20H26ClNO. The number of phenolic OH excluding ortho intramolecular Hbond substituents is 1. The summed E-state index contributed by atoms with van der Waals surface area (Å²) < 4.78 is 0. The maximum atomic E-state index is 9.61. The number of phenols is 1. The normalized spacial score (nSPS) is 16.0. The van der Waals surface area contributed by atoms with E-state index in [-0.39, 0.29) is 12.4 Å². The van der Waals surface area contributed by atoms with Gasteiger partial charge in [0.05, 0.1) is 0 Å². The smallest absolute Gasteiger partial charge is 0.115 e. The molecule has 3 rings (SSSR count). The Morgan fingerprint density at radius 3 is 2.39 bits per heavy atom. The second kappa shape index (κ2) is 8.95. The molecule has 0 spiro atoms. The zero-order valence-electron chi connectivity index (χ0n) is 13.5. The maximum Gasteiger partial charge on any atom is 0.115 e. The van der Waals surface area contributed by atoms with Crippen LogP contribution in [0.5, 0.6) is 5.75 Å². The van der Waals surface area contributed by atoms with Gasteiger partial charge in [0, 0.05) is 0 Å². The van der Waals surface area contributed by atoms with Crippen molar-refractivity contribution < 1.29 is 5.11 Å². The quantitative estimate of drug-likeness (QED) is 0.863. The highest BCUT2D eigenvalue weighted by Crippen LogP contribution is 2.29. The van der Waals surface area contributed by atoms with E-state index in [0.717, 1.165) is 0 Å². The molecule has 124 valence electrons. The number of nitrogens with zero attached hydrogens (tertiary/aromatic N) is 1. The molecule has 0 aliphatic carbocycles. The fourth-order valence-electron chi connectivity index (χ4n) is 3.42. The third-order valence-electron chi connectivity index (χ3n) is 4.71. The zero-order chi connectivity index (χ0) is 15.2. The van der Waals surface area contributed by atoms with Gasteiger partial charge in [-0.3, -0.25) is 0 Å². The van der Waals surface area contributed by atoms with Gasteiger partial charge in [-0.2, -0.15) is 0 Å². The predicted molar refractivity (Wildman–Crippen MR) is 98.5 cm³/mol. The molecule has 0 atom stereocenters. The molecule has 0 bridgehead atoms. The van der Waals surface area contributed by atoms with E-state index in [9.17, 15) is 5.11 Å².